The van der Waals surface area contributed by atoms with Crippen LogP contribution >= 0.6 is 19.2 Å². The van der Waals surface area contributed by atoms with Crippen molar-refractivity contribution < 1.29 is 36.3 Å². The van der Waals surface area contributed by atoms with Gasteiger partial charge < -0.3 is 29.7 Å². The van der Waals surface area contributed by atoms with Crippen molar-refractivity contribution in [1.82, 2.24) is 30.0 Å². The number of carbonyl (C=O) groups excluding carboxylic acids is 1. The molecule has 4 aliphatic rings. The number of ether oxygens (including phenoxy) is 1. The molecule has 3 aromatic heterocycles. The number of nitrogens with one attached hydrogen (secondary N) is 3. The number of amides is 1. The Balaban J connectivity index is 1.65. The van der Waals surface area contributed by atoms with Gasteiger partial charge in [-0.1, -0.05) is 17.7 Å². The Labute approximate surface area is 266 Å². The summed E-state index contributed by atoms with van der Waals surface area (Å²) in [5, 5.41) is 12.3. The Morgan fingerprint density at radius 2 is 1.96 bits per heavy atom. The average Bonchev–Trinajstić information content (AvgIpc) is 3.49. The molecule has 0 saturated carbocycles. The number of alkyl halides is 3. The van der Waals surface area contributed by atoms with Gasteiger partial charge >= 0.3 is 13.8 Å². The van der Waals surface area contributed by atoms with E-state index < -0.39 is 31.1 Å². The van der Waals surface area contributed by atoms with E-state index in [0.29, 0.717) is 36.0 Å². The number of pyridine rings is 1. The van der Waals surface area contributed by atoms with Crippen molar-refractivity contribution in [1.29, 1.82) is 0 Å². The van der Waals surface area contributed by atoms with Gasteiger partial charge in [0.1, 0.15) is 11.4 Å². The first-order valence-electron chi connectivity index (χ1n) is 13.9. The molecule has 8 rings (SSSR count). The topological polar surface area (TPSA) is 154 Å². The molecule has 0 fully saturated rings. The summed E-state index contributed by atoms with van der Waals surface area (Å²) in [6.45, 7) is 2.29. The molecule has 0 aliphatic carbocycles. The lowest BCUT2D eigenvalue weighted by atomic mass is 10.1. The lowest BCUT2D eigenvalue weighted by molar-refractivity contribution is -0.137. The second-order valence-corrected chi connectivity index (χ2v) is 12.3. The highest BCUT2D eigenvalue weighted by atomic mass is 35.5. The normalized spacial score (nSPS) is 16.9. The molecule has 1 atom stereocenters. The highest BCUT2D eigenvalue weighted by Gasteiger charge is 2.36. The molecule has 3 N–H and O–H groups in total. The first-order chi connectivity index (χ1) is 21.9. The second-order valence-electron chi connectivity index (χ2n) is 9.86. The summed E-state index contributed by atoms with van der Waals surface area (Å²) in [5.74, 6) is -1.45. The quantitative estimate of drug-likeness (QED) is 0.205. The summed E-state index contributed by atoms with van der Waals surface area (Å²) in [6, 6.07) is 6.04. The van der Waals surface area contributed by atoms with Crippen LogP contribution < -0.4 is 20.7 Å². The number of anilines is 4. The highest BCUT2D eigenvalue weighted by Crippen LogP contribution is 2.53. The number of hydrogen-bond acceptors (Lipinski definition) is 11. The van der Waals surface area contributed by atoms with E-state index in [2.05, 4.69) is 36.0 Å². The monoisotopic (exact) mass is 680 g/mol. The minimum Gasteiger partial charge on any atom is -0.493 e. The number of rotatable bonds is 4. The predicted molar refractivity (Wildman–Crippen MR) is 164 cm³/mol. The van der Waals surface area contributed by atoms with Crippen molar-refractivity contribution in [3.8, 4) is 17.0 Å². The number of hydrogen-bond donors (Lipinski definition) is 3. The first-order valence-corrected chi connectivity index (χ1v) is 16.0. The maximum Gasteiger partial charge on any atom is 0.421 e. The molecule has 1 aromatic carbocycles. The summed E-state index contributed by atoms with van der Waals surface area (Å²) in [7, 11) is -0.944. The first kappa shape index (κ1) is 33.1. The molecule has 18 heteroatoms. The molecule has 8 bridgehead atoms. The van der Waals surface area contributed by atoms with E-state index in [1.807, 2.05) is 0 Å². The van der Waals surface area contributed by atoms with Crippen molar-refractivity contribution in [3.05, 3.63) is 64.7 Å². The summed E-state index contributed by atoms with van der Waals surface area (Å²) >= 11 is 6.65. The summed E-state index contributed by atoms with van der Waals surface area (Å²) < 4.78 is 74.2. The van der Waals surface area contributed by atoms with Crippen molar-refractivity contribution >= 4 is 48.2 Å². The molecule has 4 aromatic rings. The number of carbonyl (C=O) groups is 1. The van der Waals surface area contributed by atoms with Gasteiger partial charge in [-0.2, -0.15) is 23.3 Å². The molecule has 1 amide bonds. The van der Waals surface area contributed by atoms with Crippen LogP contribution in [0.5, 0.6) is 5.75 Å². The van der Waals surface area contributed by atoms with Crippen LogP contribution in [-0.4, -0.2) is 58.0 Å². The number of benzene rings is 1. The lowest BCUT2D eigenvalue weighted by Gasteiger charge is -2.20. The van der Waals surface area contributed by atoms with E-state index in [1.54, 1.807) is 23.9 Å². The fourth-order valence-corrected chi connectivity index (χ4v) is 6.74. The predicted octanol–water partition coefficient (Wildman–Crippen LogP) is 6.41. The van der Waals surface area contributed by atoms with Gasteiger partial charge in [0.05, 0.1) is 54.8 Å². The Morgan fingerprint density at radius 1 is 1.17 bits per heavy atom. The molecular formula is C28H29ClF3N8O5P. The second kappa shape index (κ2) is 13.6. The zero-order valence-electron chi connectivity index (χ0n) is 24.8. The molecule has 0 unspecified atom stereocenters. The Hall–Kier alpha value is -4.24. The van der Waals surface area contributed by atoms with Gasteiger partial charge in [0.2, 0.25) is 5.95 Å². The van der Waals surface area contributed by atoms with Gasteiger partial charge in [0.15, 0.2) is 11.4 Å². The molecule has 7 heterocycles. The molecule has 13 nitrogen and oxygen atoms in total. The number of aromatic nitrogens is 5. The van der Waals surface area contributed by atoms with Crippen molar-refractivity contribution in [3.63, 3.8) is 0 Å². The zero-order valence-corrected chi connectivity index (χ0v) is 26.5. The largest absolute Gasteiger partial charge is 0.493 e. The van der Waals surface area contributed by atoms with E-state index in [9.17, 15) is 22.5 Å². The van der Waals surface area contributed by atoms with Crippen molar-refractivity contribution in [2.75, 3.05) is 38.0 Å². The fraction of sp³-hybridized carbons (Fsp3) is 0.321. The Kier molecular flexibility index (Phi) is 9.82. The third-order valence-electron chi connectivity index (χ3n) is 6.75. The molecule has 0 saturated heterocycles. The third kappa shape index (κ3) is 7.25. The number of methoxy groups -OCH3 is 1. The third-order valence-corrected chi connectivity index (χ3v) is 9.12. The number of halogens is 4. The van der Waals surface area contributed by atoms with Crippen LogP contribution in [0, 0.1) is 0 Å². The summed E-state index contributed by atoms with van der Waals surface area (Å²) in [4.78, 5) is 25.2. The van der Waals surface area contributed by atoms with E-state index in [1.165, 1.54) is 38.6 Å². The minimum atomic E-state index is -4.85. The van der Waals surface area contributed by atoms with Crippen LogP contribution in [0.2, 0.25) is 5.02 Å². The Bertz CT molecular complexity index is 1810. The summed E-state index contributed by atoms with van der Waals surface area (Å²) in [6.07, 6.45) is -0.758. The van der Waals surface area contributed by atoms with Gasteiger partial charge in [0.25, 0.3) is 5.91 Å². The van der Waals surface area contributed by atoms with Crippen LogP contribution in [-0.2, 0) is 32.5 Å². The SMILES string of the molecule is CCO[P@@]1(=O)Cc2ccc(c(OC)c2Cl)Nc2ncc(C(F)(F)F)c(n2)Nc2ccc(nc2C(=O)NC)-c2cnn(c2)CCCO1. The molecule has 0 spiro atoms. The van der Waals surface area contributed by atoms with Crippen LogP contribution in [0.25, 0.3) is 11.3 Å². The fourth-order valence-electron chi connectivity index (χ4n) is 4.60. The van der Waals surface area contributed by atoms with Crippen molar-refractivity contribution in [2.24, 2.45) is 0 Å². The minimum absolute atomic E-state index is 0.0337. The smallest absolute Gasteiger partial charge is 0.421 e. The summed E-state index contributed by atoms with van der Waals surface area (Å²) in [5.41, 5.74) is 0.110. The van der Waals surface area contributed by atoms with Crippen LogP contribution in [0.4, 0.5) is 36.3 Å². The highest BCUT2D eigenvalue weighted by molar-refractivity contribution is 7.53. The standard InChI is InChI=1S/C28H29ClF3N8O5P/c1-4-44-46(42)15-16-6-7-21(24(43-3)22(16)29)38-27-34-13-18(28(30,31)32)25(39-27)37-20-9-8-19(36-23(20)26(41)33-2)17-12-35-40(14-17)10-5-11-45-46/h6-9,12-14H,4-5,10-11,15H2,1-3H3,(H,33,41)(H2,34,37,38,39)/t46-/m0/s1. The van der Waals surface area contributed by atoms with Gasteiger partial charge in [0, 0.05) is 31.5 Å². The molecule has 0 radical (unpaired) electrons. The lowest BCUT2D eigenvalue weighted by Crippen LogP contribution is -2.21. The van der Waals surface area contributed by atoms with Crippen LogP contribution in [0.15, 0.2) is 42.9 Å². The number of nitrogens with zero attached hydrogens (tertiary/aromatic N) is 5. The van der Waals surface area contributed by atoms with E-state index in [0.717, 1.165) is 0 Å². The Morgan fingerprint density at radius 3 is 2.67 bits per heavy atom. The molecule has 244 valence electrons. The molecular weight excluding hydrogens is 652 g/mol. The molecule has 4 aliphatic heterocycles. The van der Waals surface area contributed by atoms with E-state index in [4.69, 9.17) is 25.4 Å². The maximum atomic E-state index is 14.1. The van der Waals surface area contributed by atoms with Crippen molar-refractivity contribution in [2.45, 2.75) is 32.2 Å². The zero-order chi connectivity index (χ0) is 33.1. The number of aryl methyl sites for hydroxylation is 1. The maximum absolute atomic E-state index is 14.1. The van der Waals surface area contributed by atoms with E-state index >= 15 is 0 Å². The van der Waals surface area contributed by atoms with Gasteiger partial charge in [-0.15, -0.1) is 0 Å². The van der Waals surface area contributed by atoms with Crippen LogP contribution in [0.1, 0.15) is 35.0 Å². The van der Waals surface area contributed by atoms with Gasteiger partial charge in [-0.25, -0.2) is 9.97 Å². The molecule has 46 heavy (non-hydrogen) atoms. The van der Waals surface area contributed by atoms with Gasteiger partial charge in [-0.05, 0) is 37.1 Å². The average molecular weight is 681 g/mol. The van der Waals surface area contributed by atoms with Crippen LogP contribution in [0.3, 0.4) is 0 Å². The van der Waals surface area contributed by atoms with Gasteiger partial charge in [-0.3, -0.25) is 14.0 Å². The van der Waals surface area contributed by atoms with E-state index in [-0.39, 0.29) is 53.2 Å².